The van der Waals surface area contributed by atoms with Gasteiger partial charge in [0.25, 0.3) is 0 Å². The van der Waals surface area contributed by atoms with Gasteiger partial charge in [-0.2, -0.15) is 0 Å². The van der Waals surface area contributed by atoms with Gasteiger partial charge in [0.2, 0.25) is 0 Å². The van der Waals surface area contributed by atoms with Crippen LogP contribution in [0.1, 0.15) is 17.9 Å². The Hall–Kier alpha value is -1.61. The maximum absolute atomic E-state index is 9.28. The second kappa shape index (κ2) is 5.57. The molecule has 1 atom stereocenters. The average Bonchev–Trinajstić information content (AvgIpc) is 2.47. The molecule has 0 radical (unpaired) electrons. The first-order valence-electron chi connectivity index (χ1n) is 6.46. The number of fused-ring (bicyclic) bond motifs is 1. The Labute approximate surface area is 117 Å². The first kappa shape index (κ1) is 12.4. The number of hydrogen-bond acceptors (Lipinski definition) is 3. The molecule has 2 aromatic carbocycles. The van der Waals surface area contributed by atoms with E-state index in [-0.39, 0.29) is 0 Å². The van der Waals surface area contributed by atoms with E-state index >= 15 is 0 Å². The highest BCUT2D eigenvalue weighted by Gasteiger charge is 2.20. The summed E-state index contributed by atoms with van der Waals surface area (Å²) in [6.07, 6.45) is 1.07. The molecule has 0 saturated heterocycles. The van der Waals surface area contributed by atoms with E-state index in [1.807, 2.05) is 36.0 Å². The quantitative estimate of drug-likeness (QED) is 0.855. The minimum atomic E-state index is 0.320. The van der Waals surface area contributed by atoms with Crippen LogP contribution in [-0.4, -0.2) is 17.5 Å². The summed E-state index contributed by atoms with van der Waals surface area (Å²) in [6.45, 7) is 0.803. The second-order valence-corrected chi connectivity index (χ2v) is 5.77. The number of aromatic hydroxyl groups is 1. The molecule has 3 rings (SSSR count). The fourth-order valence-corrected chi connectivity index (χ4v) is 3.40. The second-order valence-electron chi connectivity index (χ2n) is 4.68. The van der Waals surface area contributed by atoms with Gasteiger partial charge in [0.1, 0.15) is 11.5 Å². The van der Waals surface area contributed by atoms with Crippen molar-refractivity contribution in [1.82, 2.24) is 0 Å². The van der Waals surface area contributed by atoms with E-state index in [9.17, 15) is 5.11 Å². The number of thioether (sulfide) groups is 1. The van der Waals surface area contributed by atoms with Crippen molar-refractivity contribution < 1.29 is 9.84 Å². The Morgan fingerprint density at radius 2 is 1.89 bits per heavy atom. The summed E-state index contributed by atoms with van der Waals surface area (Å²) in [5.74, 6) is 2.94. The first-order chi connectivity index (χ1) is 9.33. The molecule has 0 spiro atoms. The lowest BCUT2D eigenvalue weighted by atomic mass is 9.95. The van der Waals surface area contributed by atoms with Crippen molar-refractivity contribution >= 4 is 11.8 Å². The van der Waals surface area contributed by atoms with E-state index in [0.29, 0.717) is 11.7 Å². The van der Waals surface area contributed by atoms with Gasteiger partial charge in [-0.05, 0) is 42.3 Å². The number of ether oxygens (including phenoxy) is 1. The van der Waals surface area contributed by atoms with Crippen molar-refractivity contribution in [3.63, 3.8) is 0 Å². The largest absolute Gasteiger partial charge is 0.508 e. The average molecular weight is 272 g/mol. The Bertz CT molecular complexity index is 551. The molecule has 0 fully saturated rings. The standard InChI is InChI=1S/C16H16O2S/c17-13-5-7-14(8-6-13)19-11-12-9-10-18-16-4-2-1-3-15(12)16/h1-8,12,17H,9-11H2. The fraction of sp³-hybridized carbons (Fsp3) is 0.250. The number of para-hydroxylation sites is 1. The molecule has 1 aliphatic heterocycles. The normalized spacial score (nSPS) is 17.6. The third kappa shape index (κ3) is 2.87. The number of hydrogen-bond donors (Lipinski definition) is 1. The summed E-state index contributed by atoms with van der Waals surface area (Å²) < 4.78 is 5.68. The van der Waals surface area contributed by atoms with Gasteiger partial charge in [-0.1, -0.05) is 18.2 Å². The third-order valence-corrected chi connectivity index (χ3v) is 4.55. The van der Waals surface area contributed by atoms with Gasteiger partial charge in [0, 0.05) is 16.6 Å². The molecule has 0 aliphatic carbocycles. The van der Waals surface area contributed by atoms with Crippen LogP contribution in [0.25, 0.3) is 0 Å². The number of rotatable bonds is 3. The van der Waals surface area contributed by atoms with Gasteiger partial charge >= 0.3 is 0 Å². The van der Waals surface area contributed by atoms with Gasteiger partial charge < -0.3 is 9.84 Å². The summed E-state index contributed by atoms with van der Waals surface area (Å²) in [5.41, 5.74) is 1.32. The van der Waals surface area contributed by atoms with Crippen LogP contribution in [0.2, 0.25) is 0 Å². The number of phenols is 1. The summed E-state index contributed by atoms with van der Waals surface area (Å²) in [5, 5.41) is 9.28. The zero-order valence-corrected chi connectivity index (χ0v) is 11.4. The molecular weight excluding hydrogens is 256 g/mol. The van der Waals surface area contributed by atoms with E-state index in [1.54, 1.807) is 12.1 Å². The van der Waals surface area contributed by atoms with Crippen LogP contribution in [0.3, 0.4) is 0 Å². The molecule has 2 aromatic rings. The van der Waals surface area contributed by atoms with Crippen molar-refractivity contribution in [2.24, 2.45) is 0 Å². The summed E-state index contributed by atoms with van der Waals surface area (Å²) >= 11 is 1.83. The Kier molecular flexibility index (Phi) is 3.65. The van der Waals surface area contributed by atoms with E-state index < -0.39 is 0 Å². The Balaban J connectivity index is 1.69. The zero-order chi connectivity index (χ0) is 13.1. The highest BCUT2D eigenvalue weighted by molar-refractivity contribution is 7.99. The third-order valence-electron chi connectivity index (χ3n) is 3.37. The van der Waals surface area contributed by atoms with Crippen LogP contribution in [-0.2, 0) is 0 Å². The maximum Gasteiger partial charge on any atom is 0.122 e. The van der Waals surface area contributed by atoms with Crippen molar-refractivity contribution in [3.05, 3.63) is 54.1 Å². The van der Waals surface area contributed by atoms with Gasteiger partial charge in [-0.15, -0.1) is 11.8 Å². The minimum Gasteiger partial charge on any atom is -0.508 e. The lowest BCUT2D eigenvalue weighted by Crippen LogP contribution is -2.15. The molecule has 19 heavy (non-hydrogen) atoms. The molecule has 0 aromatic heterocycles. The van der Waals surface area contributed by atoms with Crippen LogP contribution in [0.15, 0.2) is 53.4 Å². The zero-order valence-electron chi connectivity index (χ0n) is 10.6. The van der Waals surface area contributed by atoms with Crippen LogP contribution in [0.5, 0.6) is 11.5 Å². The molecule has 0 saturated carbocycles. The van der Waals surface area contributed by atoms with Crippen LogP contribution < -0.4 is 4.74 Å². The van der Waals surface area contributed by atoms with Gasteiger partial charge in [0.15, 0.2) is 0 Å². The van der Waals surface area contributed by atoms with Crippen molar-refractivity contribution in [2.75, 3.05) is 12.4 Å². The van der Waals surface area contributed by atoms with Crippen molar-refractivity contribution in [2.45, 2.75) is 17.2 Å². The van der Waals surface area contributed by atoms with Crippen LogP contribution in [0.4, 0.5) is 0 Å². The monoisotopic (exact) mass is 272 g/mol. The molecule has 0 bridgehead atoms. The predicted molar refractivity (Wildman–Crippen MR) is 78.1 cm³/mol. The topological polar surface area (TPSA) is 29.5 Å². The molecule has 2 nitrogen and oxygen atoms in total. The fourth-order valence-electron chi connectivity index (χ4n) is 2.33. The summed E-state index contributed by atoms with van der Waals surface area (Å²) in [6, 6.07) is 15.7. The SMILES string of the molecule is Oc1ccc(SCC2CCOc3ccccc32)cc1. The van der Waals surface area contributed by atoms with Crippen molar-refractivity contribution in [3.8, 4) is 11.5 Å². The van der Waals surface area contributed by atoms with Gasteiger partial charge in [-0.3, -0.25) is 0 Å². The number of phenolic OH excluding ortho intramolecular Hbond substituents is 1. The Morgan fingerprint density at radius 3 is 2.74 bits per heavy atom. The summed E-state index contributed by atoms with van der Waals surface area (Å²) in [4.78, 5) is 1.20. The minimum absolute atomic E-state index is 0.320. The van der Waals surface area contributed by atoms with E-state index in [1.165, 1.54) is 10.5 Å². The highest BCUT2D eigenvalue weighted by Crippen LogP contribution is 2.37. The smallest absolute Gasteiger partial charge is 0.122 e. The lowest BCUT2D eigenvalue weighted by molar-refractivity contribution is 0.273. The van der Waals surface area contributed by atoms with E-state index in [0.717, 1.165) is 24.5 Å². The molecule has 1 unspecified atom stereocenters. The molecule has 0 amide bonds. The molecule has 3 heteroatoms. The van der Waals surface area contributed by atoms with E-state index in [4.69, 9.17) is 4.74 Å². The van der Waals surface area contributed by atoms with Gasteiger partial charge in [0.05, 0.1) is 6.61 Å². The van der Waals surface area contributed by atoms with Crippen LogP contribution in [0, 0.1) is 0 Å². The van der Waals surface area contributed by atoms with Crippen LogP contribution >= 0.6 is 11.8 Å². The van der Waals surface area contributed by atoms with Gasteiger partial charge in [-0.25, -0.2) is 0 Å². The molecular formula is C16H16O2S. The first-order valence-corrected chi connectivity index (χ1v) is 7.45. The highest BCUT2D eigenvalue weighted by atomic mass is 32.2. The Morgan fingerprint density at radius 1 is 1.11 bits per heavy atom. The molecule has 1 N–H and O–H groups in total. The predicted octanol–water partition coefficient (Wildman–Crippen LogP) is 4.05. The molecule has 1 aliphatic rings. The number of benzene rings is 2. The van der Waals surface area contributed by atoms with Crippen molar-refractivity contribution in [1.29, 1.82) is 0 Å². The summed E-state index contributed by atoms with van der Waals surface area (Å²) in [7, 11) is 0. The lowest BCUT2D eigenvalue weighted by Gasteiger charge is -2.25. The maximum atomic E-state index is 9.28. The van der Waals surface area contributed by atoms with E-state index in [2.05, 4.69) is 12.1 Å². The molecule has 1 heterocycles. The molecule has 98 valence electrons.